The van der Waals surface area contributed by atoms with Gasteiger partial charge in [-0.3, -0.25) is 9.69 Å². The molecule has 1 saturated heterocycles. The van der Waals surface area contributed by atoms with Gasteiger partial charge in [-0.05, 0) is 55.0 Å². The number of hydrogen-bond acceptors (Lipinski definition) is 5. The third-order valence-corrected chi connectivity index (χ3v) is 5.68. The largest absolute Gasteiger partial charge is 0.457 e. The maximum atomic E-state index is 11.4. The van der Waals surface area contributed by atoms with Crippen molar-refractivity contribution in [2.24, 2.45) is 0 Å². The lowest BCUT2D eigenvalue weighted by Gasteiger charge is -2.21. The molecule has 2 heterocycles. The van der Waals surface area contributed by atoms with Gasteiger partial charge < -0.3 is 9.15 Å². The fourth-order valence-corrected chi connectivity index (χ4v) is 4.21. The number of carbonyl (C=O) groups is 1. The van der Waals surface area contributed by atoms with Gasteiger partial charge in [0.1, 0.15) is 15.8 Å². The van der Waals surface area contributed by atoms with Crippen molar-refractivity contribution >= 4 is 52.4 Å². The molecular formula is C20H20ClNO3S2. The first kappa shape index (κ1) is 20.1. The highest BCUT2D eigenvalue weighted by molar-refractivity contribution is 8.25. The summed E-state index contributed by atoms with van der Waals surface area (Å²) in [5, 5.41) is 0.665. The molecule has 1 atom stereocenters. The van der Waals surface area contributed by atoms with Gasteiger partial charge in [-0.1, -0.05) is 47.7 Å². The summed E-state index contributed by atoms with van der Waals surface area (Å²) in [5.74, 6) is 1.46. The zero-order chi connectivity index (χ0) is 19.2. The Hall–Kier alpha value is -1.60. The van der Waals surface area contributed by atoms with Crippen LogP contribution in [-0.4, -0.2) is 34.9 Å². The van der Waals surface area contributed by atoms with Crippen LogP contribution in [0.2, 0.25) is 5.02 Å². The normalized spacial score (nSPS) is 17.1. The predicted octanol–water partition coefficient (Wildman–Crippen LogP) is 5.62. The first-order chi connectivity index (χ1) is 13.0. The summed E-state index contributed by atoms with van der Waals surface area (Å²) in [7, 11) is 0. The van der Waals surface area contributed by atoms with Gasteiger partial charge in [0, 0.05) is 17.2 Å². The Morgan fingerprint density at radius 3 is 2.96 bits per heavy atom. The van der Waals surface area contributed by atoms with Crippen molar-refractivity contribution in [2.45, 2.75) is 25.9 Å². The fraction of sp³-hybridized carbons (Fsp3) is 0.300. The van der Waals surface area contributed by atoms with Crippen molar-refractivity contribution in [1.82, 2.24) is 4.90 Å². The molecule has 0 saturated carbocycles. The second kappa shape index (κ2) is 9.55. The highest BCUT2D eigenvalue weighted by Crippen LogP contribution is 2.28. The summed E-state index contributed by atoms with van der Waals surface area (Å²) in [6.45, 7) is 3.19. The van der Waals surface area contributed by atoms with Gasteiger partial charge in [-0.15, -0.1) is 0 Å². The average molecular weight is 422 g/mol. The summed E-state index contributed by atoms with van der Waals surface area (Å²) >= 11 is 12.8. The molecule has 1 aromatic heterocycles. The van der Waals surface area contributed by atoms with Crippen LogP contribution in [0.25, 0.3) is 17.4 Å². The van der Waals surface area contributed by atoms with E-state index in [0.717, 1.165) is 47.8 Å². The highest BCUT2D eigenvalue weighted by atomic mass is 35.5. The Morgan fingerprint density at radius 2 is 2.26 bits per heavy atom. The number of thioether (sulfide) groups is 1. The zero-order valence-electron chi connectivity index (χ0n) is 14.9. The third kappa shape index (κ3) is 5.69. The summed E-state index contributed by atoms with van der Waals surface area (Å²) in [4.78, 5) is 13.9. The van der Waals surface area contributed by atoms with Crippen LogP contribution in [0.5, 0.6) is 0 Å². The van der Waals surface area contributed by atoms with E-state index in [1.807, 2.05) is 49.4 Å². The molecule has 2 aromatic rings. The second-order valence-corrected chi connectivity index (χ2v) is 8.54. The second-order valence-electron chi connectivity index (χ2n) is 6.23. The lowest BCUT2D eigenvalue weighted by Crippen LogP contribution is -2.33. The van der Waals surface area contributed by atoms with Crippen LogP contribution in [0.4, 0.5) is 0 Å². The first-order valence-electron chi connectivity index (χ1n) is 8.64. The van der Waals surface area contributed by atoms with E-state index in [4.69, 9.17) is 33.0 Å². The van der Waals surface area contributed by atoms with Gasteiger partial charge in [0.05, 0.1) is 12.6 Å². The van der Waals surface area contributed by atoms with E-state index < -0.39 is 0 Å². The lowest BCUT2D eigenvalue weighted by molar-refractivity contribution is -0.115. The molecule has 1 aliphatic rings. The molecule has 3 rings (SSSR count). The van der Waals surface area contributed by atoms with E-state index in [1.54, 1.807) is 0 Å². The maximum absolute atomic E-state index is 11.4. The van der Waals surface area contributed by atoms with Crippen molar-refractivity contribution in [1.29, 1.82) is 0 Å². The van der Waals surface area contributed by atoms with Gasteiger partial charge >= 0.3 is 0 Å². The van der Waals surface area contributed by atoms with Crippen molar-refractivity contribution in [3.63, 3.8) is 0 Å². The Balaban J connectivity index is 1.63. The molecule has 4 nitrogen and oxygen atoms in total. The number of thiocarbonyl (C=S) groups is 1. The van der Waals surface area contributed by atoms with Gasteiger partial charge in [-0.2, -0.15) is 0 Å². The molecule has 0 N–H and O–H groups in total. The minimum Gasteiger partial charge on any atom is -0.457 e. The smallest absolute Gasteiger partial charge is 0.215 e. The molecule has 0 spiro atoms. The van der Waals surface area contributed by atoms with Crippen LogP contribution < -0.4 is 0 Å². The fourth-order valence-electron chi connectivity index (χ4n) is 2.82. The van der Waals surface area contributed by atoms with E-state index in [0.29, 0.717) is 15.9 Å². The minimum atomic E-state index is 0.0726. The molecule has 1 unspecified atom stereocenters. The number of allylic oxidation sites excluding steroid dienone is 1. The molecule has 7 heteroatoms. The Labute approximate surface area is 173 Å². The molecule has 1 aliphatic heterocycles. The van der Waals surface area contributed by atoms with Crippen LogP contribution in [-0.2, 0) is 9.53 Å². The van der Waals surface area contributed by atoms with Crippen LogP contribution in [0.1, 0.15) is 25.5 Å². The molecule has 142 valence electrons. The summed E-state index contributed by atoms with van der Waals surface area (Å²) in [5.41, 5.74) is 0.923. The Bertz CT molecular complexity index is 843. The Kier molecular flexibility index (Phi) is 7.13. The quantitative estimate of drug-likeness (QED) is 0.447. The van der Waals surface area contributed by atoms with Crippen LogP contribution in [0.3, 0.4) is 0 Å². The minimum absolute atomic E-state index is 0.0726. The molecule has 1 fully saturated rings. The third-order valence-electron chi connectivity index (χ3n) is 4.12. The van der Waals surface area contributed by atoms with Gasteiger partial charge in [0.15, 0.2) is 0 Å². The number of halogens is 1. The number of rotatable bonds is 6. The molecule has 1 amide bonds. The molecule has 0 aliphatic carbocycles. The average Bonchev–Trinajstić information content (AvgIpc) is 3.31. The monoisotopic (exact) mass is 421 g/mol. The molecule has 1 aromatic carbocycles. The number of ether oxygens (including phenoxy) is 1. The summed E-state index contributed by atoms with van der Waals surface area (Å²) in [6.07, 6.45) is 4.74. The van der Waals surface area contributed by atoms with Gasteiger partial charge in [0.25, 0.3) is 0 Å². The molecular weight excluding hydrogens is 402 g/mol. The number of carbonyl (C=O) groups excluding carboxylic acids is 1. The van der Waals surface area contributed by atoms with Crippen molar-refractivity contribution in [3.8, 4) is 11.3 Å². The number of benzene rings is 1. The van der Waals surface area contributed by atoms with E-state index in [9.17, 15) is 4.79 Å². The predicted molar refractivity (Wildman–Crippen MR) is 115 cm³/mol. The standard InChI is InChI=1S/C20H20ClNO3S2/c1-14(27-20(26)22(13-23)12-18-6-3-9-24-18)10-17-7-8-19(25-17)15-4-2-5-16(21)11-15/h2,4-5,7-8,10-11,13,18H,3,6,9,12H2,1H3/b14-10-. The number of nitrogens with zero attached hydrogens (tertiary/aromatic N) is 1. The number of furan rings is 1. The van der Waals surface area contributed by atoms with Crippen LogP contribution in [0.15, 0.2) is 45.7 Å². The van der Waals surface area contributed by atoms with Crippen LogP contribution in [0, 0.1) is 0 Å². The maximum Gasteiger partial charge on any atom is 0.215 e. The van der Waals surface area contributed by atoms with Gasteiger partial charge in [-0.25, -0.2) is 0 Å². The van der Waals surface area contributed by atoms with Crippen molar-refractivity contribution in [3.05, 3.63) is 52.1 Å². The molecule has 0 radical (unpaired) electrons. The zero-order valence-corrected chi connectivity index (χ0v) is 17.3. The van der Waals surface area contributed by atoms with Crippen molar-refractivity contribution in [2.75, 3.05) is 13.2 Å². The summed E-state index contributed by atoms with van der Waals surface area (Å²) in [6, 6.07) is 11.3. The van der Waals surface area contributed by atoms with E-state index in [-0.39, 0.29) is 6.10 Å². The molecule has 27 heavy (non-hydrogen) atoms. The van der Waals surface area contributed by atoms with E-state index in [2.05, 4.69) is 0 Å². The number of amides is 1. The Morgan fingerprint density at radius 1 is 1.41 bits per heavy atom. The van der Waals surface area contributed by atoms with Crippen molar-refractivity contribution < 1.29 is 13.9 Å². The molecule has 0 bridgehead atoms. The highest BCUT2D eigenvalue weighted by Gasteiger charge is 2.21. The first-order valence-corrected chi connectivity index (χ1v) is 10.2. The van der Waals surface area contributed by atoms with E-state index in [1.165, 1.54) is 16.7 Å². The number of hydrogen-bond donors (Lipinski definition) is 0. The summed E-state index contributed by atoms with van der Waals surface area (Å²) < 4.78 is 12.0. The van der Waals surface area contributed by atoms with Gasteiger partial charge in [0.2, 0.25) is 6.41 Å². The lowest BCUT2D eigenvalue weighted by atomic mass is 10.2. The SMILES string of the molecule is C/C(=C/c1ccc(-c2cccc(Cl)c2)o1)SC(=S)N(C=O)CC1CCCO1. The van der Waals surface area contributed by atoms with E-state index >= 15 is 0 Å². The van der Waals surface area contributed by atoms with Crippen LogP contribution >= 0.6 is 35.6 Å². The topological polar surface area (TPSA) is 42.7 Å².